The zero-order valence-corrected chi connectivity index (χ0v) is 13.1. The Balaban J connectivity index is 1.62. The van der Waals surface area contributed by atoms with Crippen LogP contribution in [0.1, 0.15) is 34.7 Å². The van der Waals surface area contributed by atoms with E-state index in [9.17, 15) is 9.59 Å². The maximum atomic E-state index is 12.2. The van der Waals surface area contributed by atoms with Gasteiger partial charge in [-0.15, -0.1) is 0 Å². The second kappa shape index (κ2) is 7.27. The molecule has 2 N–H and O–H groups in total. The quantitative estimate of drug-likeness (QED) is 0.876. The van der Waals surface area contributed by atoms with Crippen LogP contribution in [0.4, 0.5) is 5.82 Å². The molecule has 0 aliphatic carbocycles. The van der Waals surface area contributed by atoms with Crippen LogP contribution in [0.15, 0.2) is 36.5 Å². The summed E-state index contributed by atoms with van der Waals surface area (Å²) < 4.78 is 6.62. The first-order valence-corrected chi connectivity index (χ1v) is 7.86. The van der Waals surface area contributed by atoms with E-state index in [1.165, 1.54) is 16.4 Å². The summed E-state index contributed by atoms with van der Waals surface area (Å²) in [6, 6.07) is 9.13. The molecule has 1 aliphatic rings. The Hall–Kier alpha value is -2.67. The molecule has 0 spiro atoms. The molecule has 2 aromatic rings. The largest absolute Gasteiger partial charge is 0.480 e. The van der Waals surface area contributed by atoms with Gasteiger partial charge in [0.05, 0.1) is 0 Å². The lowest BCUT2D eigenvalue weighted by atomic mass is 9.91. The van der Waals surface area contributed by atoms with E-state index in [-0.39, 0.29) is 12.5 Å². The van der Waals surface area contributed by atoms with Crippen molar-refractivity contribution < 1.29 is 19.4 Å². The van der Waals surface area contributed by atoms with Crippen LogP contribution in [0.3, 0.4) is 0 Å². The normalized spacial score (nSPS) is 15.2. The molecule has 7 heteroatoms. The van der Waals surface area contributed by atoms with Crippen LogP contribution in [0, 0.1) is 0 Å². The highest BCUT2D eigenvalue weighted by Gasteiger charge is 2.16. The van der Waals surface area contributed by atoms with E-state index in [1.807, 2.05) is 12.1 Å². The van der Waals surface area contributed by atoms with Gasteiger partial charge < -0.3 is 15.2 Å². The maximum absolute atomic E-state index is 12.2. The molecule has 1 amide bonds. The smallest absolute Gasteiger partial charge is 0.325 e. The first-order chi connectivity index (χ1) is 11.6. The Morgan fingerprint density at radius 1 is 1.21 bits per heavy atom. The minimum absolute atomic E-state index is 0.240. The van der Waals surface area contributed by atoms with Crippen molar-refractivity contribution in [2.24, 2.45) is 0 Å². The molecule has 1 aromatic heterocycles. The Bertz CT molecular complexity index is 718. The fraction of sp³-hybridized carbons (Fsp3) is 0.353. The highest BCUT2D eigenvalue weighted by molar-refractivity contribution is 6.03. The zero-order chi connectivity index (χ0) is 16.9. The molecule has 0 unspecified atom stereocenters. The van der Waals surface area contributed by atoms with E-state index in [4.69, 9.17) is 9.84 Å². The average molecular weight is 329 g/mol. The molecule has 0 atom stereocenters. The molecule has 3 rings (SSSR count). The summed E-state index contributed by atoms with van der Waals surface area (Å²) in [6.45, 7) is 1.33. The molecule has 1 fully saturated rings. The van der Waals surface area contributed by atoms with Crippen LogP contribution in [0.5, 0.6) is 0 Å². The van der Waals surface area contributed by atoms with E-state index in [2.05, 4.69) is 10.4 Å². The second-order valence-electron chi connectivity index (χ2n) is 5.76. The summed E-state index contributed by atoms with van der Waals surface area (Å²) in [5.74, 6) is -0.439. The molecule has 1 aromatic carbocycles. The first kappa shape index (κ1) is 16.2. The number of carbonyl (C=O) groups is 2. The zero-order valence-electron chi connectivity index (χ0n) is 13.1. The van der Waals surface area contributed by atoms with Crippen LogP contribution in [0.2, 0.25) is 0 Å². The number of carboxylic acid groups (broad SMARTS) is 1. The predicted octanol–water partition coefficient (Wildman–Crippen LogP) is 2.11. The third-order valence-electron chi connectivity index (χ3n) is 4.05. The van der Waals surface area contributed by atoms with Gasteiger partial charge in [-0.25, -0.2) is 0 Å². The number of rotatable bonds is 5. The highest BCUT2D eigenvalue weighted by atomic mass is 16.5. The number of ether oxygens (including phenoxy) is 1. The van der Waals surface area contributed by atoms with Crippen molar-refractivity contribution in [2.75, 3.05) is 18.5 Å². The van der Waals surface area contributed by atoms with E-state index >= 15 is 0 Å². The molecular weight excluding hydrogens is 310 g/mol. The van der Waals surface area contributed by atoms with Crippen molar-refractivity contribution in [2.45, 2.75) is 25.3 Å². The fourth-order valence-corrected chi connectivity index (χ4v) is 2.78. The van der Waals surface area contributed by atoms with Gasteiger partial charge in [-0.1, -0.05) is 12.1 Å². The number of nitrogens with one attached hydrogen (secondary N) is 1. The highest BCUT2D eigenvalue weighted by Crippen LogP contribution is 2.26. The van der Waals surface area contributed by atoms with E-state index < -0.39 is 5.97 Å². The van der Waals surface area contributed by atoms with E-state index in [1.54, 1.807) is 18.2 Å². The van der Waals surface area contributed by atoms with Crippen molar-refractivity contribution >= 4 is 17.7 Å². The van der Waals surface area contributed by atoms with Gasteiger partial charge in [0.25, 0.3) is 5.91 Å². The summed E-state index contributed by atoms with van der Waals surface area (Å²) in [5.41, 5.74) is 1.76. The first-order valence-electron chi connectivity index (χ1n) is 7.86. The number of anilines is 1. The Kier molecular flexibility index (Phi) is 4.90. The number of amides is 1. The number of hydrogen-bond acceptors (Lipinski definition) is 4. The molecule has 2 heterocycles. The number of nitrogens with zero attached hydrogens (tertiary/aromatic N) is 2. The Morgan fingerprint density at radius 2 is 1.92 bits per heavy atom. The van der Waals surface area contributed by atoms with Crippen molar-refractivity contribution in [3.05, 3.63) is 47.7 Å². The molecule has 0 saturated carbocycles. The number of hydrogen-bond donors (Lipinski definition) is 2. The van der Waals surface area contributed by atoms with E-state index in [0.29, 0.717) is 17.3 Å². The maximum Gasteiger partial charge on any atom is 0.325 e. The standard InChI is InChI=1S/C17H19N3O4/c21-16(22)11-20-8-5-15(19-20)18-17(23)14-3-1-12(2-4-14)13-6-9-24-10-7-13/h1-5,8,13H,6-7,9-11H2,(H,21,22)(H,18,19,23). The van der Waals surface area contributed by atoms with Crippen LogP contribution >= 0.6 is 0 Å². The minimum Gasteiger partial charge on any atom is -0.480 e. The van der Waals surface area contributed by atoms with Crippen LogP contribution in [0.25, 0.3) is 0 Å². The number of aliphatic carboxylic acids is 1. The van der Waals surface area contributed by atoms with Crippen molar-refractivity contribution in [3.63, 3.8) is 0 Å². The van der Waals surface area contributed by atoms with Gasteiger partial charge in [0, 0.05) is 31.0 Å². The van der Waals surface area contributed by atoms with Crippen LogP contribution in [-0.2, 0) is 16.1 Å². The molecule has 24 heavy (non-hydrogen) atoms. The van der Waals surface area contributed by atoms with Gasteiger partial charge >= 0.3 is 5.97 Å². The number of carbonyl (C=O) groups excluding carboxylic acids is 1. The average Bonchev–Trinajstić information content (AvgIpc) is 3.02. The van der Waals surface area contributed by atoms with Gasteiger partial charge in [-0.2, -0.15) is 5.10 Å². The third kappa shape index (κ3) is 3.99. The minimum atomic E-state index is -0.986. The Morgan fingerprint density at radius 3 is 2.58 bits per heavy atom. The molecule has 126 valence electrons. The number of carboxylic acids is 1. The second-order valence-corrected chi connectivity index (χ2v) is 5.76. The third-order valence-corrected chi connectivity index (χ3v) is 4.05. The molecule has 1 saturated heterocycles. The van der Waals surface area contributed by atoms with Crippen molar-refractivity contribution in [1.82, 2.24) is 9.78 Å². The molecule has 7 nitrogen and oxygen atoms in total. The van der Waals surface area contributed by atoms with Crippen molar-refractivity contribution in [1.29, 1.82) is 0 Å². The fourth-order valence-electron chi connectivity index (χ4n) is 2.78. The van der Waals surface area contributed by atoms with Gasteiger partial charge in [-0.05, 0) is 36.5 Å². The van der Waals surface area contributed by atoms with Gasteiger partial charge in [0.1, 0.15) is 6.54 Å². The predicted molar refractivity (Wildman–Crippen MR) is 87.1 cm³/mol. The lowest BCUT2D eigenvalue weighted by Crippen LogP contribution is -2.15. The SMILES string of the molecule is O=C(O)Cn1ccc(NC(=O)c2ccc(C3CCOCC3)cc2)n1. The molecule has 0 bridgehead atoms. The van der Waals surface area contributed by atoms with E-state index in [0.717, 1.165) is 26.1 Å². The molecule has 0 radical (unpaired) electrons. The van der Waals surface area contributed by atoms with Gasteiger partial charge in [0.2, 0.25) is 0 Å². The summed E-state index contributed by atoms with van der Waals surface area (Å²) in [4.78, 5) is 22.9. The number of aromatic nitrogens is 2. The number of benzene rings is 1. The van der Waals surface area contributed by atoms with Crippen LogP contribution < -0.4 is 5.32 Å². The summed E-state index contributed by atoms with van der Waals surface area (Å²) in [6.07, 6.45) is 3.52. The van der Waals surface area contributed by atoms with Crippen LogP contribution in [-0.4, -0.2) is 40.0 Å². The monoisotopic (exact) mass is 329 g/mol. The lowest BCUT2D eigenvalue weighted by molar-refractivity contribution is -0.137. The summed E-state index contributed by atoms with van der Waals surface area (Å²) >= 11 is 0. The summed E-state index contributed by atoms with van der Waals surface area (Å²) in [7, 11) is 0. The summed E-state index contributed by atoms with van der Waals surface area (Å²) in [5, 5.41) is 15.4. The van der Waals surface area contributed by atoms with Crippen molar-refractivity contribution in [3.8, 4) is 0 Å². The topological polar surface area (TPSA) is 93.5 Å². The molecule has 1 aliphatic heterocycles. The lowest BCUT2D eigenvalue weighted by Gasteiger charge is -2.22. The van der Waals surface area contributed by atoms with Gasteiger partial charge in [-0.3, -0.25) is 14.3 Å². The van der Waals surface area contributed by atoms with Gasteiger partial charge in [0.15, 0.2) is 5.82 Å². The Labute approximate surface area is 139 Å². The molecular formula is C17H19N3O4.